The lowest BCUT2D eigenvalue weighted by Gasteiger charge is -2.26. The van der Waals surface area contributed by atoms with Crippen LogP contribution < -0.4 is 0 Å². The van der Waals surface area contributed by atoms with Crippen molar-refractivity contribution in [1.82, 2.24) is 0 Å². The molecule has 2 atom stereocenters. The third kappa shape index (κ3) is 2.43. The Morgan fingerprint density at radius 3 is 2.81 bits per heavy atom. The van der Waals surface area contributed by atoms with Crippen molar-refractivity contribution >= 4 is 34.2 Å². The van der Waals surface area contributed by atoms with Crippen molar-refractivity contribution < 1.29 is 14.2 Å². The largest absolute Gasteiger partial charge is 0.506 e. The molecule has 1 aliphatic rings. The fourth-order valence-electron chi connectivity index (χ4n) is 1.77. The minimum Gasteiger partial charge on any atom is -0.506 e. The lowest BCUT2D eigenvalue weighted by Crippen LogP contribution is -2.21. The first-order valence-corrected chi connectivity index (χ1v) is 6.64. The predicted octanol–water partition coefficient (Wildman–Crippen LogP) is 3.84. The van der Waals surface area contributed by atoms with Gasteiger partial charge >= 0.3 is 0 Å². The van der Waals surface area contributed by atoms with Gasteiger partial charge in [-0.05, 0) is 25.0 Å². The molecule has 2 unspecified atom stereocenters. The van der Waals surface area contributed by atoms with Crippen LogP contribution >= 0.6 is 34.2 Å². The van der Waals surface area contributed by atoms with Crippen LogP contribution in [-0.2, 0) is 4.74 Å². The van der Waals surface area contributed by atoms with Crippen molar-refractivity contribution in [1.29, 1.82) is 0 Å². The predicted molar refractivity (Wildman–Crippen MR) is 68.8 cm³/mol. The Labute approximate surface area is 112 Å². The zero-order chi connectivity index (χ0) is 11.7. The van der Waals surface area contributed by atoms with E-state index in [0.29, 0.717) is 16.1 Å². The molecule has 1 aromatic carbocycles. The number of rotatable bonds is 1. The van der Waals surface area contributed by atoms with Crippen molar-refractivity contribution in [2.75, 3.05) is 6.61 Å². The first-order chi connectivity index (χ1) is 7.59. The van der Waals surface area contributed by atoms with E-state index in [1.807, 2.05) is 0 Å². The molecule has 88 valence electrons. The molecule has 0 saturated carbocycles. The number of ether oxygens (including phenoxy) is 1. The minimum atomic E-state index is -0.571. The van der Waals surface area contributed by atoms with Gasteiger partial charge in [-0.25, -0.2) is 4.39 Å². The van der Waals surface area contributed by atoms with Gasteiger partial charge in [-0.1, -0.05) is 34.2 Å². The Morgan fingerprint density at radius 1 is 1.44 bits per heavy atom. The van der Waals surface area contributed by atoms with E-state index in [1.165, 1.54) is 12.1 Å². The van der Waals surface area contributed by atoms with E-state index in [2.05, 4.69) is 22.6 Å². The molecular formula is C11H11ClFIO2. The average molecular weight is 357 g/mol. The zero-order valence-corrected chi connectivity index (χ0v) is 11.3. The molecule has 5 heteroatoms. The maximum atomic E-state index is 13.8. The van der Waals surface area contributed by atoms with E-state index in [-0.39, 0.29) is 16.9 Å². The molecule has 1 N–H and O–H groups in total. The standard InChI is InChI=1S/C11H11ClFIO2/c12-10-8(15)3-2-7(11(10)13)9-4-1-6(14)5-16-9/h2-3,6,9,15H,1,4-5H2. The summed E-state index contributed by atoms with van der Waals surface area (Å²) < 4.78 is 19.8. The fourth-order valence-corrected chi connectivity index (χ4v) is 2.51. The summed E-state index contributed by atoms with van der Waals surface area (Å²) in [5.74, 6) is -0.802. The van der Waals surface area contributed by atoms with Gasteiger partial charge in [-0.15, -0.1) is 0 Å². The Hall–Kier alpha value is -0.0700. The van der Waals surface area contributed by atoms with Crippen LogP contribution in [0.15, 0.2) is 12.1 Å². The number of halogens is 3. The maximum Gasteiger partial charge on any atom is 0.151 e. The molecule has 2 rings (SSSR count). The monoisotopic (exact) mass is 356 g/mol. The molecule has 1 saturated heterocycles. The highest BCUT2D eigenvalue weighted by molar-refractivity contribution is 14.1. The molecule has 0 aromatic heterocycles. The highest BCUT2D eigenvalue weighted by Gasteiger charge is 2.25. The Bertz CT molecular complexity index is 392. The number of alkyl halides is 1. The van der Waals surface area contributed by atoms with Gasteiger partial charge in [-0.2, -0.15) is 0 Å². The molecule has 1 aromatic rings. The minimum absolute atomic E-state index is 0.224. The van der Waals surface area contributed by atoms with Crippen molar-refractivity contribution in [3.63, 3.8) is 0 Å². The molecule has 16 heavy (non-hydrogen) atoms. The summed E-state index contributed by atoms with van der Waals surface area (Å²) in [4.78, 5) is 0. The second kappa shape index (κ2) is 5.06. The van der Waals surface area contributed by atoms with Gasteiger partial charge in [-0.3, -0.25) is 0 Å². The highest BCUT2D eigenvalue weighted by atomic mass is 127. The van der Waals surface area contributed by atoms with E-state index < -0.39 is 5.82 Å². The Balaban J connectivity index is 2.24. The van der Waals surface area contributed by atoms with E-state index in [1.54, 1.807) is 0 Å². The number of phenolic OH excluding ortho intramolecular Hbond substituents is 1. The van der Waals surface area contributed by atoms with E-state index in [9.17, 15) is 9.50 Å². The summed E-state index contributed by atoms with van der Waals surface area (Å²) in [6.07, 6.45) is 1.54. The molecule has 0 spiro atoms. The third-order valence-corrected chi connectivity index (χ3v) is 4.00. The van der Waals surface area contributed by atoms with Crippen LogP contribution in [0.5, 0.6) is 5.75 Å². The van der Waals surface area contributed by atoms with Crippen LogP contribution in [0, 0.1) is 5.82 Å². The van der Waals surface area contributed by atoms with Gasteiger partial charge in [0, 0.05) is 9.49 Å². The fraction of sp³-hybridized carbons (Fsp3) is 0.455. The highest BCUT2D eigenvalue weighted by Crippen LogP contribution is 2.36. The molecule has 0 aliphatic carbocycles. The molecule has 1 fully saturated rings. The quantitative estimate of drug-likeness (QED) is 0.612. The SMILES string of the molecule is Oc1ccc(C2CCC(I)CO2)c(F)c1Cl. The average Bonchev–Trinajstić information content (AvgIpc) is 2.28. The zero-order valence-electron chi connectivity index (χ0n) is 8.42. The van der Waals surface area contributed by atoms with Gasteiger partial charge in [0.05, 0.1) is 12.7 Å². The summed E-state index contributed by atoms with van der Waals surface area (Å²) in [6.45, 7) is 0.628. The summed E-state index contributed by atoms with van der Waals surface area (Å²) in [5.41, 5.74) is 0.436. The summed E-state index contributed by atoms with van der Waals surface area (Å²) >= 11 is 7.97. The number of aromatic hydroxyl groups is 1. The topological polar surface area (TPSA) is 29.5 Å². The van der Waals surface area contributed by atoms with Crippen LogP contribution in [0.2, 0.25) is 5.02 Å². The van der Waals surface area contributed by atoms with Crippen LogP contribution in [0.3, 0.4) is 0 Å². The maximum absolute atomic E-state index is 13.8. The number of benzene rings is 1. The molecular weight excluding hydrogens is 345 g/mol. The summed E-state index contributed by atoms with van der Waals surface area (Å²) in [7, 11) is 0. The molecule has 2 nitrogen and oxygen atoms in total. The van der Waals surface area contributed by atoms with E-state index in [0.717, 1.165) is 12.8 Å². The molecule has 1 heterocycles. The first-order valence-electron chi connectivity index (χ1n) is 5.02. The lowest BCUT2D eigenvalue weighted by atomic mass is 10.0. The van der Waals surface area contributed by atoms with Crippen LogP contribution in [0.25, 0.3) is 0 Å². The van der Waals surface area contributed by atoms with Gasteiger partial charge in [0.1, 0.15) is 10.8 Å². The van der Waals surface area contributed by atoms with E-state index >= 15 is 0 Å². The van der Waals surface area contributed by atoms with Crippen molar-refractivity contribution in [3.8, 4) is 5.75 Å². The first kappa shape index (κ1) is 12.4. The summed E-state index contributed by atoms with van der Waals surface area (Å²) in [5, 5.41) is 9.03. The lowest BCUT2D eigenvalue weighted by molar-refractivity contribution is 0.0193. The molecule has 0 radical (unpaired) electrons. The smallest absolute Gasteiger partial charge is 0.151 e. The van der Waals surface area contributed by atoms with Crippen molar-refractivity contribution in [2.24, 2.45) is 0 Å². The van der Waals surface area contributed by atoms with Gasteiger partial charge < -0.3 is 9.84 Å². The van der Waals surface area contributed by atoms with Crippen molar-refractivity contribution in [3.05, 3.63) is 28.5 Å². The van der Waals surface area contributed by atoms with Crippen LogP contribution in [0.1, 0.15) is 24.5 Å². The van der Waals surface area contributed by atoms with Crippen LogP contribution in [0.4, 0.5) is 4.39 Å². The Kier molecular flexibility index (Phi) is 3.92. The number of hydrogen-bond acceptors (Lipinski definition) is 2. The molecule has 0 bridgehead atoms. The summed E-state index contributed by atoms with van der Waals surface area (Å²) in [6, 6.07) is 2.94. The van der Waals surface area contributed by atoms with Gasteiger partial charge in [0.2, 0.25) is 0 Å². The van der Waals surface area contributed by atoms with Gasteiger partial charge in [0.15, 0.2) is 5.82 Å². The number of hydrogen-bond donors (Lipinski definition) is 1. The molecule has 0 amide bonds. The second-order valence-corrected chi connectivity index (χ2v) is 5.94. The van der Waals surface area contributed by atoms with Gasteiger partial charge in [0.25, 0.3) is 0 Å². The van der Waals surface area contributed by atoms with Crippen LogP contribution in [-0.4, -0.2) is 15.6 Å². The van der Waals surface area contributed by atoms with Crippen molar-refractivity contribution in [2.45, 2.75) is 22.9 Å². The normalized spacial score (nSPS) is 25.7. The number of phenols is 1. The van der Waals surface area contributed by atoms with E-state index in [4.69, 9.17) is 16.3 Å². The third-order valence-electron chi connectivity index (χ3n) is 2.66. The second-order valence-electron chi connectivity index (χ2n) is 3.80. The molecule has 1 aliphatic heterocycles. The Morgan fingerprint density at radius 2 is 2.19 bits per heavy atom.